The molecular formula is C20H15BrClN5O. The highest BCUT2D eigenvalue weighted by Gasteiger charge is 2.16. The van der Waals surface area contributed by atoms with Gasteiger partial charge in [-0.1, -0.05) is 24.8 Å². The molecule has 0 radical (unpaired) electrons. The fourth-order valence-corrected chi connectivity index (χ4v) is 2.64. The third-order valence-electron chi connectivity index (χ3n) is 3.47. The maximum Gasteiger partial charge on any atom is 0.240 e. The van der Waals surface area contributed by atoms with Crippen LogP contribution in [0, 0.1) is 36.5 Å². The van der Waals surface area contributed by atoms with Gasteiger partial charge in [0, 0.05) is 11.3 Å². The van der Waals surface area contributed by atoms with E-state index in [2.05, 4.69) is 50.4 Å². The summed E-state index contributed by atoms with van der Waals surface area (Å²) in [5, 5.41) is 20.8. The van der Waals surface area contributed by atoms with E-state index in [9.17, 15) is 0 Å². The predicted molar refractivity (Wildman–Crippen MR) is 112 cm³/mol. The zero-order valence-electron chi connectivity index (χ0n) is 15.2. The van der Waals surface area contributed by atoms with Crippen LogP contribution in [0.4, 0.5) is 5.95 Å². The van der Waals surface area contributed by atoms with Crippen molar-refractivity contribution in [3.8, 4) is 23.8 Å². The Morgan fingerprint density at radius 2 is 1.86 bits per heavy atom. The molecule has 0 unspecified atom stereocenters. The lowest BCUT2D eigenvalue weighted by molar-refractivity contribution is 0.452. The summed E-state index contributed by atoms with van der Waals surface area (Å²) in [4.78, 5) is 8.44. The van der Waals surface area contributed by atoms with E-state index >= 15 is 0 Å². The largest absolute Gasteiger partial charge is 0.437 e. The van der Waals surface area contributed by atoms with Crippen LogP contribution < -0.4 is 10.1 Å². The SMILES string of the molecule is C=C(C#N)/C=C\C(=C)Nc1nc(Cl)c(Br)c(Oc2c(C)cc(C#N)cc2C)n1. The zero-order chi connectivity index (χ0) is 20.8. The van der Waals surface area contributed by atoms with Crippen LogP contribution >= 0.6 is 27.5 Å². The number of nitrogens with zero attached hydrogens (tertiary/aromatic N) is 4. The molecule has 2 aromatic rings. The Kier molecular flexibility index (Phi) is 6.94. The number of aromatic nitrogens is 2. The molecule has 1 heterocycles. The first-order chi connectivity index (χ1) is 13.2. The predicted octanol–water partition coefficient (Wildman–Crippen LogP) is 5.73. The van der Waals surface area contributed by atoms with Crippen LogP contribution in [0.5, 0.6) is 11.6 Å². The molecule has 0 saturated carbocycles. The molecule has 28 heavy (non-hydrogen) atoms. The third kappa shape index (κ3) is 5.20. The quantitative estimate of drug-likeness (QED) is 0.338. The first-order valence-corrected chi connectivity index (χ1v) is 9.07. The van der Waals surface area contributed by atoms with Gasteiger partial charge in [-0.05, 0) is 65.2 Å². The van der Waals surface area contributed by atoms with Crippen LogP contribution in [0.2, 0.25) is 5.15 Å². The summed E-state index contributed by atoms with van der Waals surface area (Å²) in [5.41, 5.74) is 2.84. The van der Waals surface area contributed by atoms with E-state index in [4.69, 9.17) is 26.9 Å². The van der Waals surface area contributed by atoms with Crippen LogP contribution in [0.15, 0.2) is 53.2 Å². The number of aryl methyl sites for hydroxylation is 2. The van der Waals surface area contributed by atoms with Gasteiger partial charge >= 0.3 is 0 Å². The molecule has 0 saturated heterocycles. The zero-order valence-corrected chi connectivity index (χ0v) is 17.5. The maximum absolute atomic E-state index is 9.08. The fraction of sp³-hybridized carbons (Fsp3) is 0.100. The van der Waals surface area contributed by atoms with Crippen LogP contribution in [-0.4, -0.2) is 9.97 Å². The molecule has 0 bridgehead atoms. The van der Waals surface area contributed by atoms with E-state index in [1.165, 1.54) is 6.08 Å². The average Bonchev–Trinajstić information content (AvgIpc) is 2.65. The Bertz CT molecular complexity index is 1060. The minimum absolute atomic E-state index is 0.148. The summed E-state index contributed by atoms with van der Waals surface area (Å²) in [5.74, 6) is 0.949. The van der Waals surface area contributed by atoms with Crippen molar-refractivity contribution in [2.75, 3.05) is 5.32 Å². The first-order valence-electron chi connectivity index (χ1n) is 7.90. The number of anilines is 1. The summed E-state index contributed by atoms with van der Waals surface area (Å²) in [6.07, 6.45) is 3.08. The van der Waals surface area contributed by atoms with E-state index in [0.717, 1.165) is 11.1 Å². The van der Waals surface area contributed by atoms with Gasteiger partial charge < -0.3 is 10.1 Å². The van der Waals surface area contributed by atoms with Crippen LogP contribution in [0.1, 0.15) is 16.7 Å². The first kappa shape index (κ1) is 21.2. The lowest BCUT2D eigenvalue weighted by Gasteiger charge is -2.14. The van der Waals surface area contributed by atoms with Crippen molar-refractivity contribution in [1.29, 1.82) is 10.5 Å². The number of nitriles is 2. The Labute approximate surface area is 176 Å². The number of hydrogen-bond donors (Lipinski definition) is 1. The summed E-state index contributed by atoms with van der Waals surface area (Å²) >= 11 is 9.51. The Morgan fingerprint density at radius 1 is 1.21 bits per heavy atom. The van der Waals surface area contributed by atoms with Gasteiger partial charge in [-0.3, -0.25) is 0 Å². The van der Waals surface area contributed by atoms with Gasteiger partial charge in [0.2, 0.25) is 11.8 Å². The minimum Gasteiger partial charge on any atom is -0.437 e. The smallest absolute Gasteiger partial charge is 0.240 e. The summed E-state index contributed by atoms with van der Waals surface area (Å²) in [6, 6.07) is 7.48. The van der Waals surface area contributed by atoms with Crippen molar-refractivity contribution >= 4 is 33.5 Å². The van der Waals surface area contributed by atoms with Crippen LogP contribution in [0.25, 0.3) is 0 Å². The molecule has 0 spiro atoms. The van der Waals surface area contributed by atoms with Crippen molar-refractivity contribution in [3.63, 3.8) is 0 Å². The number of rotatable bonds is 6. The molecule has 0 aliphatic heterocycles. The lowest BCUT2D eigenvalue weighted by Crippen LogP contribution is -2.04. The lowest BCUT2D eigenvalue weighted by atomic mass is 10.1. The summed E-state index contributed by atoms with van der Waals surface area (Å²) in [7, 11) is 0. The van der Waals surface area contributed by atoms with E-state index in [-0.39, 0.29) is 22.6 Å². The second-order valence-electron chi connectivity index (χ2n) is 5.73. The highest BCUT2D eigenvalue weighted by atomic mass is 79.9. The number of benzene rings is 1. The summed E-state index contributed by atoms with van der Waals surface area (Å²) in [6.45, 7) is 11.0. The number of hydrogen-bond acceptors (Lipinski definition) is 6. The van der Waals surface area contributed by atoms with E-state index in [0.29, 0.717) is 21.5 Å². The molecule has 1 aromatic heterocycles. The fourth-order valence-electron chi connectivity index (χ4n) is 2.22. The highest BCUT2D eigenvalue weighted by molar-refractivity contribution is 9.10. The normalized spacial score (nSPS) is 10.2. The minimum atomic E-state index is 0.148. The number of nitrogens with one attached hydrogen (secondary N) is 1. The van der Waals surface area contributed by atoms with Gasteiger partial charge in [0.25, 0.3) is 0 Å². The van der Waals surface area contributed by atoms with E-state index in [1.807, 2.05) is 19.9 Å². The molecule has 1 aromatic carbocycles. The maximum atomic E-state index is 9.08. The molecule has 0 aliphatic carbocycles. The van der Waals surface area contributed by atoms with Crippen molar-refractivity contribution in [2.24, 2.45) is 0 Å². The molecule has 1 N–H and O–H groups in total. The van der Waals surface area contributed by atoms with Crippen molar-refractivity contribution in [3.05, 3.63) is 75.0 Å². The number of ether oxygens (including phenoxy) is 1. The Morgan fingerprint density at radius 3 is 2.43 bits per heavy atom. The highest BCUT2D eigenvalue weighted by Crippen LogP contribution is 2.36. The molecule has 2 rings (SSSR count). The third-order valence-corrected chi connectivity index (χ3v) is 4.69. The molecular weight excluding hydrogens is 442 g/mol. The van der Waals surface area contributed by atoms with Crippen molar-refractivity contribution in [1.82, 2.24) is 9.97 Å². The molecule has 0 aliphatic rings. The van der Waals surface area contributed by atoms with Crippen LogP contribution in [0.3, 0.4) is 0 Å². The van der Waals surface area contributed by atoms with E-state index < -0.39 is 0 Å². The number of halogens is 2. The van der Waals surface area contributed by atoms with Gasteiger partial charge in [-0.2, -0.15) is 20.5 Å². The second kappa shape index (κ2) is 9.18. The summed E-state index contributed by atoms with van der Waals surface area (Å²) < 4.78 is 6.34. The topological polar surface area (TPSA) is 94.6 Å². The molecule has 6 nitrogen and oxygen atoms in total. The van der Waals surface area contributed by atoms with Gasteiger partial charge in [-0.25, -0.2) is 0 Å². The molecule has 8 heteroatoms. The molecule has 0 atom stereocenters. The second-order valence-corrected chi connectivity index (χ2v) is 6.88. The molecule has 0 fully saturated rings. The Hall–Kier alpha value is -3.13. The average molecular weight is 457 g/mol. The monoisotopic (exact) mass is 455 g/mol. The van der Waals surface area contributed by atoms with Crippen LogP contribution in [-0.2, 0) is 0 Å². The van der Waals surface area contributed by atoms with Crippen molar-refractivity contribution < 1.29 is 4.74 Å². The Balaban J connectivity index is 2.33. The molecule has 140 valence electrons. The number of allylic oxidation sites excluding steroid dienone is 3. The van der Waals surface area contributed by atoms with Crippen molar-refractivity contribution in [2.45, 2.75) is 13.8 Å². The molecule has 0 amide bonds. The van der Waals surface area contributed by atoms with Gasteiger partial charge in [0.15, 0.2) is 5.15 Å². The van der Waals surface area contributed by atoms with Gasteiger partial charge in [0.05, 0.1) is 17.7 Å². The van der Waals surface area contributed by atoms with E-state index in [1.54, 1.807) is 18.2 Å². The standard InChI is InChI=1S/C20H15BrClN5O/c1-11(9-23)5-6-14(4)25-20-26-18(22)16(21)19(27-20)28-17-12(2)7-15(10-24)8-13(17)3/h5-8H,1,4H2,2-3H3,(H,25,26,27)/b6-5-. The van der Waals surface area contributed by atoms with Gasteiger partial charge in [0.1, 0.15) is 10.2 Å². The van der Waals surface area contributed by atoms with Gasteiger partial charge in [-0.15, -0.1) is 0 Å².